The molecule has 1 heterocycles. The summed E-state index contributed by atoms with van der Waals surface area (Å²) in [6, 6.07) is 12.5. The first-order valence-corrected chi connectivity index (χ1v) is 11.1. The third-order valence-electron chi connectivity index (χ3n) is 5.29. The summed E-state index contributed by atoms with van der Waals surface area (Å²) in [5, 5.41) is 0. The van der Waals surface area contributed by atoms with E-state index in [-0.39, 0.29) is 17.3 Å². The van der Waals surface area contributed by atoms with Gasteiger partial charge in [0.2, 0.25) is 10.0 Å². The van der Waals surface area contributed by atoms with E-state index in [1.165, 1.54) is 35.0 Å². The molecule has 6 nitrogen and oxygen atoms in total. The van der Waals surface area contributed by atoms with Crippen LogP contribution in [-0.2, 0) is 10.0 Å². The van der Waals surface area contributed by atoms with Gasteiger partial charge in [-0.25, -0.2) is 13.1 Å². The predicted molar refractivity (Wildman–Crippen MR) is 116 cm³/mol. The Morgan fingerprint density at radius 2 is 1.79 bits per heavy atom. The molecular formula is C22H27N3O3S. The van der Waals surface area contributed by atoms with Crippen LogP contribution in [0, 0.1) is 13.8 Å². The second-order valence-electron chi connectivity index (χ2n) is 7.17. The third kappa shape index (κ3) is 4.68. The Labute approximate surface area is 172 Å². The molecule has 29 heavy (non-hydrogen) atoms. The molecule has 0 aliphatic carbocycles. The molecule has 1 fully saturated rings. The SMILES string of the molecule is C=CCNS(=O)(=O)c1cccc(C(=O)N2CCN(c3cccc(C)c3C)CC2)c1. The van der Waals surface area contributed by atoms with Gasteiger partial charge in [0.15, 0.2) is 0 Å². The van der Waals surface area contributed by atoms with Crippen LogP contribution in [0.25, 0.3) is 0 Å². The summed E-state index contributed by atoms with van der Waals surface area (Å²) in [5.74, 6) is -0.147. The summed E-state index contributed by atoms with van der Waals surface area (Å²) in [4.78, 5) is 17.1. The van der Waals surface area contributed by atoms with E-state index in [4.69, 9.17) is 0 Å². The molecule has 1 aliphatic heterocycles. The second-order valence-corrected chi connectivity index (χ2v) is 8.93. The molecule has 0 bridgehead atoms. The molecule has 0 unspecified atom stereocenters. The highest BCUT2D eigenvalue weighted by molar-refractivity contribution is 7.89. The zero-order valence-corrected chi connectivity index (χ0v) is 17.7. The third-order valence-corrected chi connectivity index (χ3v) is 6.71. The summed E-state index contributed by atoms with van der Waals surface area (Å²) in [6.45, 7) is 10.6. The topological polar surface area (TPSA) is 69.7 Å². The highest BCUT2D eigenvalue weighted by atomic mass is 32.2. The van der Waals surface area contributed by atoms with Gasteiger partial charge in [-0.1, -0.05) is 24.3 Å². The fourth-order valence-electron chi connectivity index (χ4n) is 3.46. The van der Waals surface area contributed by atoms with Crippen molar-refractivity contribution in [2.24, 2.45) is 0 Å². The minimum atomic E-state index is -3.66. The predicted octanol–water partition coefficient (Wildman–Crippen LogP) is 2.73. The monoisotopic (exact) mass is 413 g/mol. The number of carbonyl (C=O) groups is 1. The van der Waals surface area contributed by atoms with E-state index in [9.17, 15) is 13.2 Å². The van der Waals surface area contributed by atoms with Crippen molar-refractivity contribution >= 4 is 21.6 Å². The van der Waals surface area contributed by atoms with Gasteiger partial charge in [-0.05, 0) is 49.2 Å². The zero-order valence-electron chi connectivity index (χ0n) is 16.9. The number of amides is 1. The first-order valence-electron chi connectivity index (χ1n) is 9.64. The maximum atomic E-state index is 12.9. The summed E-state index contributed by atoms with van der Waals surface area (Å²) >= 11 is 0. The zero-order chi connectivity index (χ0) is 21.0. The van der Waals surface area contributed by atoms with Crippen LogP contribution < -0.4 is 9.62 Å². The number of anilines is 1. The molecular weight excluding hydrogens is 386 g/mol. The van der Waals surface area contributed by atoms with Crippen LogP contribution in [0.3, 0.4) is 0 Å². The molecule has 0 atom stereocenters. The lowest BCUT2D eigenvalue weighted by atomic mass is 10.1. The molecule has 0 radical (unpaired) electrons. The van der Waals surface area contributed by atoms with Gasteiger partial charge < -0.3 is 9.80 Å². The van der Waals surface area contributed by atoms with E-state index in [1.54, 1.807) is 17.0 Å². The maximum Gasteiger partial charge on any atom is 0.254 e. The Morgan fingerprint density at radius 1 is 1.10 bits per heavy atom. The van der Waals surface area contributed by atoms with E-state index >= 15 is 0 Å². The molecule has 0 spiro atoms. The van der Waals surface area contributed by atoms with Crippen LogP contribution in [0.4, 0.5) is 5.69 Å². The van der Waals surface area contributed by atoms with Crippen LogP contribution in [0.15, 0.2) is 60.0 Å². The maximum absolute atomic E-state index is 12.9. The standard InChI is InChI=1S/C22H27N3O3S/c1-4-11-23-29(27,28)20-9-6-8-19(16-20)22(26)25-14-12-24(13-15-25)21-10-5-7-17(2)18(21)3/h4-10,16,23H,1,11-15H2,2-3H3. The van der Waals surface area contributed by atoms with E-state index < -0.39 is 10.0 Å². The Bertz CT molecular complexity index is 1010. The van der Waals surface area contributed by atoms with Gasteiger partial charge >= 0.3 is 0 Å². The Balaban J connectivity index is 1.70. The number of benzene rings is 2. The van der Waals surface area contributed by atoms with Crippen molar-refractivity contribution in [3.05, 3.63) is 71.8 Å². The molecule has 154 valence electrons. The number of carbonyl (C=O) groups excluding carboxylic acids is 1. The molecule has 0 saturated carbocycles. The van der Waals surface area contributed by atoms with Crippen molar-refractivity contribution in [1.29, 1.82) is 0 Å². The largest absolute Gasteiger partial charge is 0.368 e. The van der Waals surface area contributed by atoms with Gasteiger partial charge in [0, 0.05) is 44.0 Å². The Morgan fingerprint density at radius 3 is 2.48 bits per heavy atom. The van der Waals surface area contributed by atoms with Crippen LogP contribution in [0.5, 0.6) is 0 Å². The average molecular weight is 414 g/mol. The molecule has 3 rings (SSSR count). The number of rotatable bonds is 6. The van der Waals surface area contributed by atoms with Crippen molar-refractivity contribution in [2.45, 2.75) is 18.7 Å². The molecule has 1 amide bonds. The van der Waals surface area contributed by atoms with E-state index in [2.05, 4.69) is 48.2 Å². The lowest BCUT2D eigenvalue weighted by molar-refractivity contribution is 0.0746. The molecule has 1 aliphatic rings. The number of sulfonamides is 1. The number of hydrogen-bond donors (Lipinski definition) is 1. The Hall–Kier alpha value is -2.64. The molecule has 7 heteroatoms. The van der Waals surface area contributed by atoms with Crippen LogP contribution in [0.2, 0.25) is 0 Å². The molecule has 2 aromatic rings. The highest BCUT2D eigenvalue weighted by Gasteiger charge is 2.24. The average Bonchev–Trinajstić information content (AvgIpc) is 2.74. The van der Waals surface area contributed by atoms with Gasteiger partial charge in [0.05, 0.1) is 4.90 Å². The first-order chi connectivity index (χ1) is 13.8. The summed E-state index contributed by atoms with van der Waals surface area (Å²) < 4.78 is 27.0. The fraction of sp³-hybridized carbons (Fsp3) is 0.318. The number of hydrogen-bond acceptors (Lipinski definition) is 4. The lowest BCUT2D eigenvalue weighted by Gasteiger charge is -2.37. The van der Waals surface area contributed by atoms with Crippen molar-refractivity contribution in [1.82, 2.24) is 9.62 Å². The smallest absolute Gasteiger partial charge is 0.254 e. The van der Waals surface area contributed by atoms with Crippen LogP contribution in [-0.4, -0.2) is 51.9 Å². The minimum Gasteiger partial charge on any atom is -0.368 e. The van der Waals surface area contributed by atoms with E-state index in [0.717, 1.165) is 13.1 Å². The second kappa shape index (κ2) is 8.80. The van der Waals surface area contributed by atoms with Gasteiger partial charge in [-0.2, -0.15) is 0 Å². The lowest BCUT2D eigenvalue weighted by Crippen LogP contribution is -2.49. The van der Waals surface area contributed by atoms with Gasteiger partial charge in [-0.15, -0.1) is 6.58 Å². The van der Waals surface area contributed by atoms with Crippen molar-refractivity contribution in [2.75, 3.05) is 37.6 Å². The molecule has 0 aromatic heterocycles. The van der Waals surface area contributed by atoms with Crippen molar-refractivity contribution < 1.29 is 13.2 Å². The minimum absolute atomic E-state index is 0.0826. The fourth-order valence-corrected chi connectivity index (χ4v) is 4.50. The van der Waals surface area contributed by atoms with E-state index in [1.807, 2.05) is 0 Å². The quantitative estimate of drug-likeness (QED) is 0.740. The Kier molecular flexibility index (Phi) is 6.39. The summed E-state index contributed by atoms with van der Waals surface area (Å²) in [6.07, 6.45) is 1.47. The van der Waals surface area contributed by atoms with Gasteiger partial charge in [0.25, 0.3) is 5.91 Å². The first kappa shape index (κ1) is 21.1. The molecule has 1 N–H and O–H groups in total. The van der Waals surface area contributed by atoms with E-state index in [0.29, 0.717) is 18.7 Å². The highest BCUT2D eigenvalue weighted by Crippen LogP contribution is 2.24. The molecule has 2 aromatic carbocycles. The number of aryl methyl sites for hydroxylation is 1. The number of nitrogens with one attached hydrogen (secondary N) is 1. The molecule has 1 saturated heterocycles. The van der Waals surface area contributed by atoms with Crippen LogP contribution in [0.1, 0.15) is 21.5 Å². The van der Waals surface area contributed by atoms with Crippen molar-refractivity contribution in [3.63, 3.8) is 0 Å². The summed E-state index contributed by atoms with van der Waals surface area (Å²) in [7, 11) is -3.66. The van der Waals surface area contributed by atoms with Gasteiger partial charge in [-0.3, -0.25) is 4.79 Å². The number of nitrogens with zero attached hydrogens (tertiary/aromatic N) is 2. The number of piperazine rings is 1. The normalized spacial score (nSPS) is 14.7. The van der Waals surface area contributed by atoms with Gasteiger partial charge in [0.1, 0.15) is 0 Å². The summed E-state index contributed by atoms with van der Waals surface area (Å²) in [5.41, 5.74) is 4.10. The van der Waals surface area contributed by atoms with Crippen LogP contribution >= 0.6 is 0 Å². The van der Waals surface area contributed by atoms with Crippen molar-refractivity contribution in [3.8, 4) is 0 Å².